The van der Waals surface area contributed by atoms with Crippen LogP contribution in [0.5, 0.6) is 5.75 Å². The second-order valence-corrected chi connectivity index (χ2v) is 4.66. The lowest BCUT2D eigenvalue weighted by Crippen LogP contribution is -2.30. The van der Waals surface area contributed by atoms with Crippen LogP contribution in [-0.4, -0.2) is 24.0 Å². The molecule has 1 aromatic carbocycles. The van der Waals surface area contributed by atoms with Crippen molar-refractivity contribution in [1.29, 1.82) is 0 Å². The van der Waals surface area contributed by atoms with Crippen molar-refractivity contribution in [3.63, 3.8) is 0 Å². The van der Waals surface area contributed by atoms with Crippen LogP contribution in [0.3, 0.4) is 0 Å². The SMILES string of the molecule is COc1ccc2c(C)c(C(=O)NC(C)C)[nH]c2c1. The van der Waals surface area contributed by atoms with Gasteiger partial charge in [-0.2, -0.15) is 0 Å². The van der Waals surface area contributed by atoms with Crippen molar-refractivity contribution in [1.82, 2.24) is 10.3 Å². The molecule has 0 saturated carbocycles. The minimum atomic E-state index is -0.0716. The number of methoxy groups -OCH3 is 1. The van der Waals surface area contributed by atoms with Gasteiger partial charge in [0, 0.05) is 23.0 Å². The van der Waals surface area contributed by atoms with Gasteiger partial charge in [-0.1, -0.05) is 0 Å². The monoisotopic (exact) mass is 246 g/mol. The fourth-order valence-electron chi connectivity index (χ4n) is 2.01. The van der Waals surface area contributed by atoms with Gasteiger partial charge in [-0.15, -0.1) is 0 Å². The first-order chi connectivity index (χ1) is 8.52. The molecule has 2 N–H and O–H groups in total. The summed E-state index contributed by atoms with van der Waals surface area (Å²) in [6.07, 6.45) is 0. The average Bonchev–Trinajstić information content (AvgIpc) is 2.65. The number of aromatic amines is 1. The highest BCUT2D eigenvalue weighted by atomic mass is 16.5. The summed E-state index contributed by atoms with van der Waals surface area (Å²) < 4.78 is 5.18. The molecule has 18 heavy (non-hydrogen) atoms. The molecule has 1 amide bonds. The van der Waals surface area contributed by atoms with Gasteiger partial charge in [0.25, 0.3) is 5.91 Å². The van der Waals surface area contributed by atoms with E-state index in [1.54, 1.807) is 7.11 Å². The Hall–Kier alpha value is -1.97. The number of carbonyl (C=O) groups is 1. The number of nitrogens with one attached hydrogen (secondary N) is 2. The average molecular weight is 246 g/mol. The lowest BCUT2D eigenvalue weighted by Gasteiger charge is -2.07. The van der Waals surface area contributed by atoms with Crippen LogP contribution in [0.1, 0.15) is 29.9 Å². The van der Waals surface area contributed by atoms with E-state index in [0.717, 1.165) is 22.2 Å². The third-order valence-corrected chi connectivity index (χ3v) is 2.91. The zero-order valence-electron chi connectivity index (χ0n) is 11.1. The summed E-state index contributed by atoms with van der Waals surface area (Å²) >= 11 is 0. The van der Waals surface area contributed by atoms with Gasteiger partial charge in [0.15, 0.2) is 0 Å². The van der Waals surface area contributed by atoms with Crippen molar-refractivity contribution in [2.75, 3.05) is 7.11 Å². The molecule has 0 aliphatic carbocycles. The molecule has 1 heterocycles. The number of amides is 1. The molecule has 2 aromatic rings. The van der Waals surface area contributed by atoms with Crippen LogP contribution in [0.15, 0.2) is 18.2 Å². The smallest absolute Gasteiger partial charge is 0.268 e. The molecule has 96 valence electrons. The third kappa shape index (κ3) is 2.18. The normalized spacial score (nSPS) is 10.9. The standard InChI is InChI=1S/C14H18N2O2/c1-8(2)15-14(17)13-9(3)11-6-5-10(18-4)7-12(11)16-13/h5-8,16H,1-4H3,(H,15,17). The van der Waals surface area contributed by atoms with Crippen LogP contribution in [-0.2, 0) is 0 Å². The summed E-state index contributed by atoms with van der Waals surface area (Å²) in [6, 6.07) is 5.88. The highest BCUT2D eigenvalue weighted by Crippen LogP contribution is 2.25. The minimum absolute atomic E-state index is 0.0716. The Morgan fingerprint density at radius 3 is 2.72 bits per heavy atom. The van der Waals surface area contributed by atoms with Crippen LogP contribution in [0, 0.1) is 6.92 Å². The molecule has 0 saturated heterocycles. The summed E-state index contributed by atoms with van der Waals surface area (Å²) in [6.45, 7) is 5.83. The molecule has 0 radical (unpaired) electrons. The topological polar surface area (TPSA) is 54.1 Å². The Balaban J connectivity index is 2.46. The van der Waals surface area contributed by atoms with Gasteiger partial charge in [-0.25, -0.2) is 0 Å². The summed E-state index contributed by atoms with van der Waals surface area (Å²) in [4.78, 5) is 15.2. The molecule has 0 unspecified atom stereocenters. The van der Waals surface area contributed by atoms with Crippen molar-refractivity contribution in [2.45, 2.75) is 26.8 Å². The van der Waals surface area contributed by atoms with Crippen LogP contribution >= 0.6 is 0 Å². The van der Waals surface area contributed by atoms with E-state index in [-0.39, 0.29) is 11.9 Å². The molecular formula is C14H18N2O2. The highest BCUT2D eigenvalue weighted by Gasteiger charge is 2.15. The lowest BCUT2D eigenvalue weighted by molar-refractivity contribution is 0.0938. The first-order valence-electron chi connectivity index (χ1n) is 6.00. The fourth-order valence-corrected chi connectivity index (χ4v) is 2.01. The van der Waals surface area contributed by atoms with Crippen molar-refractivity contribution >= 4 is 16.8 Å². The first kappa shape index (κ1) is 12.5. The number of ether oxygens (including phenoxy) is 1. The third-order valence-electron chi connectivity index (χ3n) is 2.91. The number of benzene rings is 1. The quantitative estimate of drug-likeness (QED) is 0.874. The molecule has 0 aliphatic heterocycles. The van der Waals surface area contributed by atoms with E-state index in [1.807, 2.05) is 39.0 Å². The van der Waals surface area contributed by atoms with Crippen molar-refractivity contribution < 1.29 is 9.53 Å². The lowest BCUT2D eigenvalue weighted by atomic mass is 10.1. The summed E-state index contributed by atoms with van der Waals surface area (Å²) in [7, 11) is 1.63. The number of rotatable bonds is 3. The number of carbonyl (C=O) groups excluding carboxylic acids is 1. The van der Waals surface area contributed by atoms with Crippen LogP contribution in [0.2, 0.25) is 0 Å². The van der Waals surface area contributed by atoms with Crippen LogP contribution in [0.4, 0.5) is 0 Å². The first-order valence-corrected chi connectivity index (χ1v) is 6.00. The molecular weight excluding hydrogens is 228 g/mol. The predicted octanol–water partition coefficient (Wildman–Crippen LogP) is 2.62. The van der Waals surface area contributed by atoms with E-state index in [9.17, 15) is 4.79 Å². The largest absolute Gasteiger partial charge is 0.497 e. The second-order valence-electron chi connectivity index (χ2n) is 4.66. The molecule has 1 aromatic heterocycles. The van der Waals surface area contributed by atoms with Gasteiger partial charge in [0.05, 0.1) is 7.11 Å². The van der Waals surface area contributed by atoms with Gasteiger partial charge in [-0.05, 0) is 38.5 Å². The fraction of sp³-hybridized carbons (Fsp3) is 0.357. The van der Waals surface area contributed by atoms with E-state index in [2.05, 4.69) is 10.3 Å². The maximum atomic E-state index is 12.0. The number of hydrogen-bond acceptors (Lipinski definition) is 2. The summed E-state index contributed by atoms with van der Waals surface area (Å²) in [5.74, 6) is 0.706. The summed E-state index contributed by atoms with van der Waals surface area (Å²) in [5.41, 5.74) is 2.50. The number of aromatic nitrogens is 1. The van der Waals surface area contributed by atoms with Crippen LogP contribution in [0.25, 0.3) is 10.9 Å². The van der Waals surface area contributed by atoms with Gasteiger partial charge < -0.3 is 15.0 Å². The Labute approximate surface area is 106 Å². The van der Waals surface area contributed by atoms with E-state index in [1.165, 1.54) is 0 Å². The van der Waals surface area contributed by atoms with Gasteiger partial charge >= 0.3 is 0 Å². The minimum Gasteiger partial charge on any atom is -0.497 e. The van der Waals surface area contributed by atoms with Gasteiger partial charge in [0.1, 0.15) is 11.4 Å². The number of hydrogen-bond donors (Lipinski definition) is 2. The van der Waals surface area contributed by atoms with Gasteiger partial charge in [0.2, 0.25) is 0 Å². The molecule has 0 bridgehead atoms. The van der Waals surface area contributed by atoms with E-state index < -0.39 is 0 Å². The predicted molar refractivity (Wildman–Crippen MR) is 72.2 cm³/mol. The Kier molecular flexibility index (Phi) is 3.28. The second kappa shape index (κ2) is 4.72. The summed E-state index contributed by atoms with van der Waals surface area (Å²) in [5, 5.41) is 3.93. The van der Waals surface area contributed by atoms with E-state index >= 15 is 0 Å². The molecule has 4 nitrogen and oxygen atoms in total. The number of fused-ring (bicyclic) bond motifs is 1. The Morgan fingerprint density at radius 1 is 1.39 bits per heavy atom. The Morgan fingerprint density at radius 2 is 2.11 bits per heavy atom. The van der Waals surface area contributed by atoms with E-state index in [0.29, 0.717) is 5.69 Å². The number of aryl methyl sites for hydroxylation is 1. The van der Waals surface area contributed by atoms with Crippen molar-refractivity contribution in [2.24, 2.45) is 0 Å². The maximum absolute atomic E-state index is 12.0. The maximum Gasteiger partial charge on any atom is 0.268 e. The molecule has 0 aliphatic rings. The Bertz CT molecular complexity index is 585. The molecule has 0 fully saturated rings. The highest BCUT2D eigenvalue weighted by molar-refractivity contribution is 6.01. The van der Waals surface area contributed by atoms with Crippen molar-refractivity contribution in [3.05, 3.63) is 29.5 Å². The van der Waals surface area contributed by atoms with E-state index in [4.69, 9.17) is 4.74 Å². The van der Waals surface area contributed by atoms with Crippen LogP contribution < -0.4 is 10.1 Å². The number of H-pyrrole nitrogens is 1. The molecule has 2 rings (SSSR count). The molecule has 0 atom stereocenters. The van der Waals surface area contributed by atoms with Crippen molar-refractivity contribution in [3.8, 4) is 5.75 Å². The zero-order chi connectivity index (χ0) is 13.3. The molecule has 0 spiro atoms. The molecule has 4 heteroatoms. The zero-order valence-corrected chi connectivity index (χ0v) is 11.1. The van der Waals surface area contributed by atoms with Gasteiger partial charge in [-0.3, -0.25) is 4.79 Å².